The second-order valence-corrected chi connectivity index (χ2v) is 8.66. The molecule has 0 radical (unpaired) electrons. The lowest BCUT2D eigenvalue weighted by molar-refractivity contribution is -0.133. The summed E-state index contributed by atoms with van der Waals surface area (Å²) in [6.45, 7) is 3.60. The summed E-state index contributed by atoms with van der Waals surface area (Å²) in [5.74, 6) is 0.650. The van der Waals surface area contributed by atoms with E-state index in [0.29, 0.717) is 31.8 Å². The molecule has 1 aliphatic heterocycles. The van der Waals surface area contributed by atoms with Crippen LogP contribution < -0.4 is 4.74 Å². The predicted molar refractivity (Wildman–Crippen MR) is 117 cm³/mol. The minimum absolute atomic E-state index is 0.207. The quantitative estimate of drug-likeness (QED) is 0.569. The molecular weight excluding hydrogens is 401 g/mol. The van der Waals surface area contributed by atoms with Crippen LogP contribution in [0.3, 0.4) is 0 Å². The number of thiazole rings is 1. The number of fused-ring (bicyclic) bond motifs is 1. The first-order chi connectivity index (χ1) is 14.6. The monoisotopic (exact) mass is 427 g/mol. The standard InChI is InChI=1S/C23H26FN3O2S/c1-29-20-10-9-18(24)15-17(20)16-26-11-13-27(14-12-26)23(28)8-4-7-22-25-19-5-2-3-6-21(19)30-22/h2-3,5-6,9-10,15H,4,7-8,11-14,16H2,1H3. The number of para-hydroxylation sites is 1. The highest BCUT2D eigenvalue weighted by Gasteiger charge is 2.22. The number of hydrogen-bond donors (Lipinski definition) is 0. The lowest BCUT2D eigenvalue weighted by Gasteiger charge is -2.35. The molecule has 2 heterocycles. The molecule has 0 N–H and O–H groups in total. The van der Waals surface area contributed by atoms with E-state index in [0.717, 1.165) is 42.0 Å². The average molecular weight is 428 g/mol. The average Bonchev–Trinajstić information content (AvgIpc) is 3.17. The molecule has 5 nitrogen and oxygen atoms in total. The molecule has 2 aromatic carbocycles. The Labute approximate surface area is 180 Å². The van der Waals surface area contributed by atoms with E-state index in [4.69, 9.17) is 4.74 Å². The Morgan fingerprint density at radius 1 is 1.17 bits per heavy atom. The lowest BCUT2D eigenvalue weighted by atomic mass is 10.1. The second-order valence-electron chi connectivity index (χ2n) is 7.54. The van der Waals surface area contributed by atoms with Crippen LogP contribution in [0.25, 0.3) is 10.2 Å². The molecule has 1 fully saturated rings. The Kier molecular flexibility index (Phi) is 6.59. The number of amides is 1. The van der Waals surface area contributed by atoms with Crippen molar-refractivity contribution in [2.45, 2.75) is 25.8 Å². The molecule has 0 spiro atoms. The highest BCUT2D eigenvalue weighted by atomic mass is 32.1. The zero-order valence-corrected chi connectivity index (χ0v) is 18.0. The lowest BCUT2D eigenvalue weighted by Crippen LogP contribution is -2.48. The van der Waals surface area contributed by atoms with E-state index in [-0.39, 0.29) is 11.7 Å². The summed E-state index contributed by atoms with van der Waals surface area (Å²) in [7, 11) is 1.60. The van der Waals surface area contributed by atoms with Crippen LogP contribution in [-0.2, 0) is 17.8 Å². The van der Waals surface area contributed by atoms with Crippen LogP contribution in [0.5, 0.6) is 5.75 Å². The molecule has 1 amide bonds. The molecule has 0 saturated carbocycles. The first kappa shape index (κ1) is 20.8. The van der Waals surface area contributed by atoms with Gasteiger partial charge in [0.2, 0.25) is 5.91 Å². The van der Waals surface area contributed by atoms with Crippen LogP contribution >= 0.6 is 11.3 Å². The van der Waals surface area contributed by atoms with E-state index < -0.39 is 0 Å². The van der Waals surface area contributed by atoms with Gasteiger partial charge in [-0.1, -0.05) is 12.1 Å². The summed E-state index contributed by atoms with van der Waals surface area (Å²) >= 11 is 1.71. The first-order valence-electron chi connectivity index (χ1n) is 10.3. The fraction of sp³-hybridized carbons (Fsp3) is 0.391. The number of nitrogens with zero attached hydrogens (tertiary/aromatic N) is 3. The fourth-order valence-corrected chi connectivity index (χ4v) is 4.85. The van der Waals surface area contributed by atoms with Gasteiger partial charge in [-0.15, -0.1) is 11.3 Å². The Morgan fingerprint density at radius 3 is 2.73 bits per heavy atom. The third kappa shape index (κ3) is 4.96. The number of halogens is 1. The SMILES string of the molecule is COc1ccc(F)cc1CN1CCN(C(=O)CCCc2nc3ccccc3s2)CC1. The van der Waals surface area contributed by atoms with Crippen molar-refractivity contribution in [3.05, 3.63) is 58.9 Å². The van der Waals surface area contributed by atoms with Gasteiger partial charge >= 0.3 is 0 Å². The molecular formula is C23H26FN3O2S. The number of piperazine rings is 1. The molecule has 4 rings (SSSR count). The van der Waals surface area contributed by atoms with Crippen molar-refractivity contribution >= 4 is 27.5 Å². The van der Waals surface area contributed by atoms with E-state index in [1.54, 1.807) is 24.5 Å². The van der Waals surface area contributed by atoms with Crippen LogP contribution in [0.4, 0.5) is 4.39 Å². The molecule has 1 aliphatic rings. The third-order valence-electron chi connectivity index (χ3n) is 5.48. The highest BCUT2D eigenvalue weighted by molar-refractivity contribution is 7.18. The van der Waals surface area contributed by atoms with Gasteiger partial charge in [0.1, 0.15) is 11.6 Å². The topological polar surface area (TPSA) is 45.7 Å². The van der Waals surface area contributed by atoms with Crippen molar-refractivity contribution in [1.82, 2.24) is 14.8 Å². The minimum atomic E-state index is -0.257. The zero-order valence-electron chi connectivity index (χ0n) is 17.1. The Hall–Kier alpha value is -2.51. The van der Waals surface area contributed by atoms with E-state index in [2.05, 4.69) is 16.0 Å². The molecule has 0 aliphatic carbocycles. The fourth-order valence-electron chi connectivity index (χ4n) is 3.84. The number of hydrogen-bond acceptors (Lipinski definition) is 5. The summed E-state index contributed by atoms with van der Waals surface area (Å²) in [4.78, 5) is 21.4. The van der Waals surface area contributed by atoms with Crippen LogP contribution in [0.15, 0.2) is 42.5 Å². The number of ether oxygens (including phenoxy) is 1. The highest BCUT2D eigenvalue weighted by Crippen LogP contribution is 2.24. The van der Waals surface area contributed by atoms with Crippen LogP contribution in [0.2, 0.25) is 0 Å². The van der Waals surface area contributed by atoms with Crippen molar-refractivity contribution in [1.29, 1.82) is 0 Å². The summed E-state index contributed by atoms with van der Waals surface area (Å²) < 4.78 is 20.1. The van der Waals surface area contributed by atoms with Crippen LogP contribution in [-0.4, -0.2) is 54.0 Å². The Morgan fingerprint density at radius 2 is 1.97 bits per heavy atom. The maximum absolute atomic E-state index is 13.6. The van der Waals surface area contributed by atoms with Gasteiger partial charge in [0, 0.05) is 44.7 Å². The van der Waals surface area contributed by atoms with Crippen molar-refractivity contribution in [3.8, 4) is 5.75 Å². The first-order valence-corrected chi connectivity index (χ1v) is 11.1. The van der Waals surface area contributed by atoms with Gasteiger partial charge in [-0.3, -0.25) is 9.69 Å². The minimum Gasteiger partial charge on any atom is -0.496 e. The zero-order chi connectivity index (χ0) is 20.9. The van der Waals surface area contributed by atoms with Crippen molar-refractivity contribution in [2.24, 2.45) is 0 Å². The van der Waals surface area contributed by atoms with Crippen molar-refractivity contribution < 1.29 is 13.9 Å². The number of carbonyl (C=O) groups is 1. The number of aromatic nitrogens is 1. The molecule has 30 heavy (non-hydrogen) atoms. The maximum Gasteiger partial charge on any atom is 0.222 e. The normalized spacial score (nSPS) is 14.9. The number of methoxy groups -OCH3 is 1. The van der Waals surface area contributed by atoms with E-state index >= 15 is 0 Å². The molecule has 3 aromatic rings. The van der Waals surface area contributed by atoms with Crippen molar-refractivity contribution in [3.63, 3.8) is 0 Å². The largest absolute Gasteiger partial charge is 0.496 e. The van der Waals surface area contributed by atoms with Gasteiger partial charge < -0.3 is 9.64 Å². The summed E-state index contributed by atoms with van der Waals surface area (Å²) in [5.41, 5.74) is 1.88. The molecule has 0 bridgehead atoms. The van der Waals surface area contributed by atoms with E-state index in [1.165, 1.54) is 16.8 Å². The maximum atomic E-state index is 13.6. The molecule has 158 valence electrons. The van der Waals surface area contributed by atoms with Gasteiger partial charge in [-0.2, -0.15) is 0 Å². The summed E-state index contributed by atoms with van der Waals surface area (Å²) in [6, 6.07) is 12.7. The second kappa shape index (κ2) is 9.53. The van der Waals surface area contributed by atoms with E-state index in [9.17, 15) is 9.18 Å². The number of benzene rings is 2. The molecule has 1 aromatic heterocycles. The molecule has 0 atom stereocenters. The predicted octanol–water partition coefficient (Wildman–Crippen LogP) is 4.11. The van der Waals surface area contributed by atoms with Gasteiger partial charge in [0.15, 0.2) is 0 Å². The number of aryl methyl sites for hydroxylation is 1. The number of rotatable bonds is 7. The van der Waals surface area contributed by atoms with Gasteiger partial charge in [-0.25, -0.2) is 9.37 Å². The molecule has 0 unspecified atom stereocenters. The van der Waals surface area contributed by atoms with Gasteiger partial charge in [-0.05, 0) is 43.2 Å². The summed E-state index contributed by atoms with van der Waals surface area (Å²) in [6.07, 6.45) is 2.21. The van der Waals surface area contributed by atoms with Gasteiger partial charge in [0.25, 0.3) is 0 Å². The molecule has 7 heteroatoms. The van der Waals surface area contributed by atoms with Crippen molar-refractivity contribution in [2.75, 3.05) is 33.3 Å². The molecule has 1 saturated heterocycles. The third-order valence-corrected chi connectivity index (χ3v) is 6.58. The van der Waals surface area contributed by atoms with E-state index in [1.807, 2.05) is 23.1 Å². The smallest absolute Gasteiger partial charge is 0.222 e. The number of carbonyl (C=O) groups excluding carboxylic acids is 1. The van der Waals surface area contributed by atoms with Gasteiger partial charge in [0.05, 0.1) is 22.3 Å². The summed E-state index contributed by atoms with van der Waals surface area (Å²) in [5, 5.41) is 1.10. The van der Waals surface area contributed by atoms with Crippen LogP contribution in [0, 0.1) is 5.82 Å². The Balaban J connectivity index is 1.23. The Bertz CT molecular complexity index is 982. The van der Waals surface area contributed by atoms with Crippen LogP contribution in [0.1, 0.15) is 23.4 Å².